The first-order valence-corrected chi connectivity index (χ1v) is 11.3. The minimum Gasteiger partial charge on any atom is -0.367 e. The van der Waals surface area contributed by atoms with Crippen molar-refractivity contribution in [3.05, 3.63) is 54.0 Å². The number of rotatable bonds is 6. The third kappa shape index (κ3) is 5.44. The molecule has 1 aliphatic heterocycles. The highest BCUT2D eigenvalue weighted by molar-refractivity contribution is 5.55. The number of halogens is 6. The third-order valence-corrected chi connectivity index (χ3v) is 6.05. The van der Waals surface area contributed by atoms with Crippen LogP contribution >= 0.6 is 0 Å². The van der Waals surface area contributed by atoms with E-state index in [-0.39, 0.29) is 48.1 Å². The molecule has 2 aromatic heterocycles. The van der Waals surface area contributed by atoms with Crippen molar-refractivity contribution in [3.8, 4) is 11.5 Å². The van der Waals surface area contributed by atoms with E-state index >= 15 is 0 Å². The van der Waals surface area contributed by atoms with Crippen molar-refractivity contribution in [1.82, 2.24) is 19.9 Å². The van der Waals surface area contributed by atoms with E-state index in [9.17, 15) is 26.3 Å². The van der Waals surface area contributed by atoms with Gasteiger partial charge in [-0.1, -0.05) is 6.07 Å². The van der Waals surface area contributed by atoms with Crippen LogP contribution in [0.4, 0.5) is 43.9 Å². The number of pyridine rings is 1. The normalized spacial score (nSPS) is 19.7. The summed E-state index contributed by atoms with van der Waals surface area (Å²) in [6.45, 7) is 1.10. The molecule has 3 heterocycles. The quantitative estimate of drug-likeness (QED) is 0.453. The van der Waals surface area contributed by atoms with E-state index < -0.39 is 30.3 Å². The van der Waals surface area contributed by atoms with Crippen molar-refractivity contribution in [2.45, 2.75) is 43.4 Å². The number of hydrogen-bond acceptors (Lipinski definition) is 7. The van der Waals surface area contributed by atoms with E-state index in [4.69, 9.17) is 0 Å². The van der Waals surface area contributed by atoms with E-state index in [0.29, 0.717) is 13.1 Å². The maximum Gasteiger partial charge on any atom is 0.433 e. The molecule has 1 saturated carbocycles. The Kier molecular flexibility index (Phi) is 6.08. The number of nitrogens with one attached hydrogen (secondary N) is 2. The molecular formula is C23H21F6N7. The zero-order valence-electron chi connectivity index (χ0n) is 18.7. The van der Waals surface area contributed by atoms with Crippen molar-refractivity contribution in [3.63, 3.8) is 0 Å². The average molecular weight is 509 g/mol. The lowest BCUT2D eigenvalue weighted by atomic mass is 10.1. The van der Waals surface area contributed by atoms with Crippen molar-refractivity contribution in [2.24, 2.45) is 0 Å². The van der Waals surface area contributed by atoms with E-state index in [1.807, 2.05) is 4.90 Å². The summed E-state index contributed by atoms with van der Waals surface area (Å²) in [4.78, 5) is 18.3. The van der Waals surface area contributed by atoms with E-state index in [0.717, 1.165) is 11.8 Å². The summed E-state index contributed by atoms with van der Waals surface area (Å²) in [6, 6.07) is 8.71. The number of hydrogen-bond donors (Lipinski definition) is 2. The number of aromatic nitrogens is 4. The smallest absolute Gasteiger partial charge is 0.367 e. The third-order valence-electron chi connectivity index (χ3n) is 6.05. The highest BCUT2D eigenvalue weighted by Gasteiger charge is 2.40. The van der Waals surface area contributed by atoms with Gasteiger partial charge in [0, 0.05) is 37.7 Å². The van der Waals surface area contributed by atoms with Gasteiger partial charge in [0.25, 0.3) is 0 Å². The fourth-order valence-electron chi connectivity index (χ4n) is 4.21. The molecule has 36 heavy (non-hydrogen) atoms. The van der Waals surface area contributed by atoms with E-state index in [1.165, 1.54) is 24.3 Å². The maximum absolute atomic E-state index is 13.7. The lowest BCUT2D eigenvalue weighted by molar-refractivity contribution is -0.141. The Morgan fingerprint density at radius 2 is 1.53 bits per heavy atom. The lowest BCUT2D eigenvalue weighted by Gasteiger charge is -2.41. The fraction of sp³-hybridized carbons (Fsp3) is 0.391. The van der Waals surface area contributed by atoms with Gasteiger partial charge in [-0.2, -0.15) is 28.1 Å². The molecule has 5 rings (SSSR count). The first-order chi connectivity index (χ1) is 17.0. The number of benzene rings is 1. The Morgan fingerprint density at radius 3 is 2.14 bits per heavy atom. The molecule has 0 bridgehead atoms. The van der Waals surface area contributed by atoms with Gasteiger partial charge in [0.1, 0.15) is 17.2 Å². The summed E-state index contributed by atoms with van der Waals surface area (Å²) in [7, 11) is 0. The van der Waals surface area contributed by atoms with Crippen molar-refractivity contribution < 1.29 is 26.3 Å². The first-order valence-electron chi connectivity index (χ1n) is 11.3. The van der Waals surface area contributed by atoms with Gasteiger partial charge in [0.2, 0.25) is 17.8 Å². The summed E-state index contributed by atoms with van der Waals surface area (Å²) in [5.74, 6) is -3.21. The van der Waals surface area contributed by atoms with Crippen LogP contribution in [0.15, 0.2) is 42.5 Å². The second-order valence-corrected chi connectivity index (χ2v) is 8.87. The number of anilines is 3. The predicted octanol–water partition coefficient (Wildman–Crippen LogP) is 4.99. The topological polar surface area (TPSA) is 78.9 Å². The van der Waals surface area contributed by atoms with Crippen LogP contribution in [-0.4, -0.2) is 51.0 Å². The summed E-state index contributed by atoms with van der Waals surface area (Å²) >= 11 is 0. The minimum atomic E-state index is -4.66. The van der Waals surface area contributed by atoms with Gasteiger partial charge in [0.15, 0.2) is 5.82 Å². The van der Waals surface area contributed by atoms with Crippen molar-refractivity contribution in [2.75, 3.05) is 28.6 Å². The summed E-state index contributed by atoms with van der Waals surface area (Å²) < 4.78 is 80.0. The van der Waals surface area contributed by atoms with Crippen molar-refractivity contribution >= 4 is 17.6 Å². The average Bonchev–Trinajstić information content (AvgIpc) is 3.14. The largest absolute Gasteiger partial charge is 0.433 e. The molecule has 2 aliphatic rings. The molecule has 190 valence electrons. The Labute approximate surface area is 202 Å². The van der Waals surface area contributed by atoms with Gasteiger partial charge in [-0.05, 0) is 42.8 Å². The van der Waals surface area contributed by atoms with Crippen LogP contribution in [0.1, 0.15) is 25.0 Å². The molecule has 1 saturated heterocycles. The van der Waals surface area contributed by atoms with Crippen LogP contribution in [0.3, 0.4) is 0 Å². The van der Waals surface area contributed by atoms with Gasteiger partial charge in [-0.15, -0.1) is 0 Å². The standard InChI is InChI=1S/C23H21F6N7/c24-13-4-6-16(7-5-13)36-11-15(12-36)31-21-34-19(17-2-1-3-18(32-17)23(27,28)29)33-20(35-21)30-14-8-9-22(25,26)10-14/h1-7,14-15H,8-12H2,(H2,30,31,33,34,35). The van der Waals surface area contributed by atoms with Crippen LogP contribution in [-0.2, 0) is 6.18 Å². The molecule has 7 nitrogen and oxygen atoms in total. The Balaban J connectivity index is 1.37. The minimum absolute atomic E-state index is 0.0286. The summed E-state index contributed by atoms with van der Waals surface area (Å²) in [6.07, 6.45) is -5.12. The molecule has 0 amide bonds. The molecular weight excluding hydrogens is 488 g/mol. The van der Waals surface area contributed by atoms with Gasteiger partial charge in [0.05, 0.1) is 6.04 Å². The Morgan fingerprint density at radius 1 is 0.861 bits per heavy atom. The van der Waals surface area contributed by atoms with Crippen molar-refractivity contribution in [1.29, 1.82) is 0 Å². The lowest BCUT2D eigenvalue weighted by Crippen LogP contribution is -2.55. The molecule has 0 radical (unpaired) electrons. The van der Waals surface area contributed by atoms with Crippen LogP contribution < -0.4 is 15.5 Å². The maximum atomic E-state index is 13.7. The van der Waals surface area contributed by atoms with Gasteiger partial charge < -0.3 is 15.5 Å². The second kappa shape index (κ2) is 9.10. The summed E-state index contributed by atoms with van der Waals surface area (Å²) in [5.41, 5.74) is -0.395. The van der Waals surface area contributed by atoms with E-state index in [2.05, 4.69) is 30.6 Å². The number of nitrogens with zero attached hydrogens (tertiary/aromatic N) is 5. The van der Waals surface area contributed by atoms with Crippen LogP contribution in [0, 0.1) is 5.82 Å². The zero-order valence-corrected chi connectivity index (χ0v) is 18.7. The van der Waals surface area contributed by atoms with Crippen LogP contribution in [0.5, 0.6) is 0 Å². The van der Waals surface area contributed by atoms with E-state index in [1.54, 1.807) is 12.1 Å². The fourth-order valence-corrected chi connectivity index (χ4v) is 4.21. The zero-order chi connectivity index (χ0) is 25.5. The molecule has 0 spiro atoms. The first kappa shape index (κ1) is 24.1. The molecule has 3 aromatic rings. The summed E-state index contributed by atoms with van der Waals surface area (Å²) in [5, 5.41) is 5.97. The Hall–Kier alpha value is -3.64. The van der Waals surface area contributed by atoms with Gasteiger partial charge in [-0.3, -0.25) is 0 Å². The SMILES string of the molecule is Fc1ccc(N2CC(Nc3nc(NC4CCC(F)(F)C4)nc(-c4cccc(C(F)(F)F)n4)n3)C2)cc1. The molecule has 1 unspecified atom stereocenters. The molecule has 1 aliphatic carbocycles. The molecule has 1 atom stereocenters. The van der Waals surface area contributed by atoms with Gasteiger partial charge in [-0.25, -0.2) is 18.2 Å². The second-order valence-electron chi connectivity index (χ2n) is 8.87. The van der Waals surface area contributed by atoms with Gasteiger partial charge >= 0.3 is 6.18 Å². The van der Waals surface area contributed by atoms with Crippen LogP contribution in [0.2, 0.25) is 0 Å². The highest BCUT2D eigenvalue weighted by Crippen LogP contribution is 2.36. The molecule has 13 heteroatoms. The molecule has 2 N–H and O–H groups in total. The number of alkyl halides is 5. The monoisotopic (exact) mass is 509 g/mol. The van der Waals surface area contributed by atoms with Crippen LogP contribution in [0.25, 0.3) is 11.5 Å². The molecule has 2 fully saturated rings. The highest BCUT2D eigenvalue weighted by atomic mass is 19.4. The molecule has 1 aromatic carbocycles. The Bertz CT molecular complexity index is 1230. The predicted molar refractivity (Wildman–Crippen MR) is 120 cm³/mol.